The summed E-state index contributed by atoms with van der Waals surface area (Å²) < 4.78 is 37.9. The maximum Gasteiger partial charge on any atom is 0.306 e. The highest BCUT2D eigenvalue weighted by molar-refractivity contribution is 5.77. The molecule has 2 aliphatic heterocycles. The number of carbonyl (C=O) groups is 1. The number of carboxylic acid groups (broad SMARTS) is 1. The SMILES string of the molecule is Cn1cc(-c2cc3c(cc2C(F)F)N(c2nn(C4CCOCC4)c4c2CC(C(=O)O)CC4)CCC3)cn1. The van der Waals surface area contributed by atoms with Crippen LogP contribution in [0.4, 0.5) is 20.3 Å². The Bertz CT molecular complexity index is 1330. The molecular weight excluding hydrogens is 480 g/mol. The van der Waals surface area contributed by atoms with Crippen LogP contribution in [0.3, 0.4) is 0 Å². The van der Waals surface area contributed by atoms with Gasteiger partial charge in [-0.2, -0.15) is 10.2 Å². The van der Waals surface area contributed by atoms with Crippen molar-refractivity contribution >= 4 is 17.5 Å². The topological polar surface area (TPSA) is 85.4 Å². The summed E-state index contributed by atoms with van der Waals surface area (Å²) in [6.45, 7) is 2.00. The molecule has 0 bridgehead atoms. The fourth-order valence-corrected chi connectivity index (χ4v) is 6.14. The van der Waals surface area contributed by atoms with Crippen LogP contribution >= 0.6 is 0 Å². The molecule has 3 aliphatic rings. The number of nitrogens with zero attached hydrogens (tertiary/aromatic N) is 5. The van der Waals surface area contributed by atoms with Gasteiger partial charge in [-0.1, -0.05) is 0 Å². The van der Waals surface area contributed by atoms with Gasteiger partial charge in [0.1, 0.15) is 0 Å². The molecular formula is C27H31F2N5O3. The summed E-state index contributed by atoms with van der Waals surface area (Å²) in [5.74, 6) is -0.536. The number of aryl methyl sites for hydroxylation is 2. The number of aromatic nitrogens is 4. The van der Waals surface area contributed by atoms with Crippen LogP contribution < -0.4 is 4.90 Å². The van der Waals surface area contributed by atoms with Crippen LogP contribution in [0.5, 0.6) is 0 Å². The van der Waals surface area contributed by atoms with Gasteiger partial charge in [0.15, 0.2) is 5.82 Å². The summed E-state index contributed by atoms with van der Waals surface area (Å²) in [7, 11) is 1.77. The number of hydrogen-bond acceptors (Lipinski definition) is 5. The monoisotopic (exact) mass is 511 g/mol. The lowest BCUT2D eigenvalue weighted by atomic mass is 9.86. The van der Waals surface area contributed by atoms with E-state index in [1.807, 2.05) is 6.07 Å². The predicted molar refractivity (Wildman–Crippen MR) is 133 cm³/mol. The Hall–Kier alpha value is -3.27. The fourth-order valence-electron chi connectivity index (χ4n) is 6.14. The average Bonchev–Trinajstić information content (AvgIpc) is 3.51. The van der Waals surface area contributed by atoms with Crippen molar-refractivity contribution in [3.8, 4) is 11.1 Å². The molecule has 196 valence electrons. The third kappa shape index (κ3) is 4.31. The lowest BCUT2D eigenvalue weighted by Crippen LogP contribution is -2.28. The van der Waals surface area contributed by atoms with E-state index in [0.29, 0.717) is 50.1 Å². The third-order valence-corrected chi connectivity index (χ3v) is 8.04. The fraction of sp³-hybridized carbons (Fsp3) is 0.519. The van der Waals surface area contributed by atoms with Gasteiger partial charge < -0.3 is 14.7 Å². The normalized spacial score (nSPS) is 20.2. The second-order valence-electron chi connectivity index (χ2n) is 10.3. The van der Waals surface area contributed by atoms with Crippen LogP contribution in [0.25, 0.3) is 11.1 Å². The van der Waals surface area contributed by atoms with Gasteiger partial charge in [-0.05, 0) is 68.2 Å². The highest BCUT2D eigenvalue weighted by Crippen LogP contribution is 2.44. The van der Waals surface area contributed by atoms with Crippen LogP contribution in [-0.2, 0) is 35.8 Å². The molecule has 2 aromatic heterocycles. The summed E-state index contributed by atoms with van der Waals surface area (Å²) in [5, 5.41) is 19.0. The summed E-state index contributed by atoms with van der Waals surface area (Å²) in [6, 6.07) is 3.69. The third-order valence-electron chi connectivity index (χ3n) is 8.04. The van der Waals surface area contributed by atoms with Crippen molar-refractivity contribution in [1.29, 1.82) is 0 Å². The molecule has 10 heteroatoms. The van der Waals surface area contributed by atoms with Crippen molar-refractivity contribution in [1.82, 2.24) is 19.6 Å². The molecule has 1 aliphatic carbocycles. The second-order valence-corrected chi connectivity index (χ2v) is 10.3. The number of benzene rings is 1. The molecule has 37 heavy (non-hydrogen) atoms. The van der Waals surface area contributed by atoms with E-state index in [1.54, 1.807) is 30.2 Å². The minimum Gasteiger partial charge on any atom is -0.481 e. The van der Waals surface area contributed by atoms with Crippen molar-refractivity contribution in [2.45, 2.75) is 57.4 Å². The van der Waals surface area contributed by atoms with E-state index in [9.17, 15) is 18.7 Å². The van der Waals surface area contributed by atoms with Crippen LogP contribution in [0.1, 0.15) is 60.5 Å². The summed E-state index contributed by atoms with van der Waals surface area (Å²) >= 11 is 0. The highest BCUT2D eigenvalue weighted by atomic mass is 19.3. The first-order valence-electron chi connectivity index (χ1n) is 13.0. The summed E-state index contributed by atoms with van der Waals surface area (Å²) in [4.78, 5) is 14.0. The molecule has 8 nitrogen and oxygen atoms in total. The van der Waals surface area contributed by atoms with Gasteiger partial charge in [0.2, 0.25) is 0 Å². The number of aliphatic carboxylic acids is 1. The number of ether oxygens (including phenoxy) is 1. The Balaban J connectivity index is 1.47. The number of fused-ring (bicyclic) bond motifs is 2. The maximum absolute atomic E-state index is 14.3. The average molecular weight is 512 g/mol. The van der Waals surface area contributed by atoms with Gasteiger partial charge in [0.25, 0.3) is 6.43 Å². The molecule has 6 rings (SSSR count). The Morgan fingerprint density at radius 3 is 2.70 bits per heavy atom. The van der Waals surface area contributed by atoms with Gasteiger partial charge in [0.05, 0.1) is 18.2 Å². The Labute approximate surface area is 213 Å². The molecule has 0 spiro atoms. The molecule has 0 radical (unpaired) electrons. The van der Waals surface area contributed by atoms with E-state index in [1.165, 1.54) is 0 Å². The van der Waals surface area contributed by atoms with Crippen molar-refractivity contribution < 1.29 is 23.4 Å². The molecule has 0 amide bonds. The smallest absolute Gasteiger partial charge is 0.306 e. The zero-order chi connectivity index (χ0) is 25.7. The molecule has 4 heterocycles. The maximum atomic E-state index is 14.3. The van der Waals surface area contributed by atoms with E-state index >= 15 is 0 Å². The Kier molecular flexibility index (Phi) is 6.22. The lowest BCUT2D eigenvalue weighted by Gasteiger charge is -2.32. The molecule has 1 N–H and O–H groups in total. The first-order valence-corrected chi connectivity index (χ1v) is 13.0. The number of halogens is 2. The zero-order valence-electron chi connectivity index (χ0n) is 20.9. The zero-order valence-corrected chi connectivity index (χ0v) is 20.9. The van der Waals surface area contributed by atoms with Gasteiger partial charge in [-0.25, -0.2) is 8.78 Å². The minimum atomic E-state index is -2.64. The largest absolute Gasteiger partial charge is 0.481 e. The Morgan fingerprint density at radius 1 is 1.19 bits per heavy atom. The van der Waals surface area contributed by atoms with Gasteiger partial charge in [0, 0.05) is 61.1 Å². The number of carboxylic acids is 1. The summed E-state index contributed by atoms with van der Waals surface area (Å²) in [5.41, 5.74) is 4.92. The highest BCUT2D eigenvalue weighted by Gasteiger charge is 2.35. The van der Waals surface area contributed by atoms with Crippen molar-refractivity contribution in [3.63, 3.8) is 0 Å². The first kappa shape index (κ1) is 24.1. The second kappa shape index (κ2) is 9.55. The van der Waals surface area contributed by atoms with Crippen LogP contribution in [0, 0.1) is 5.92 Å². The first-order chi connectivity index (χ1) is 17.9. The van der Waals surface area contributed by atoms with E-state index in [4.69, 9.17) is 9.84 Å². The summed E-state index contributed by atoms with van der Waals surface area (Å²) in [6.07, 6.45) is 5.72. The quantitative estimate of drug-likeness (QED) is 0.527. The molecule has 1 fully saturated rings. The molecule has 1 atom stereocenters. The van der Waals surface area contributed by atoms with Gasteiger partial charge in [-0.15, -0.1) is 0 Å². The van der Waals surface area contributed by atoms with Crippen LogP contribution in [0.2, 0.25) is 0 Å². The molecule has 1 aromatic carbocycles. The van der Waals surface area contributed by atoms with E-state index in [-0.39, 0.29) is 11.6 Å². The van der Waals surface area contributed by atoms with Crippen molar-refractivity contribution in [2.75, 3.05) is 24.7 Å². The Morgan fingerprint density at radius 2 is 2.00 bits per heavy atom. The van der Waals surface area contributed by atoms with E-state index in [2.05, 4.69) is 14.7 Å². The number of rotatable bonds is 5. The standard InChI is InChI=1S/C27H31F2N5O3/c1-32-15-18(14-30-32)20-11-16-3-2-8-33(24(16)13-21(20)25(28)29)26-22-12-17(27(35)36)4-5-23(22)34(31-26)19-6-9-37-10-7-19/h11,13-15,17,19,25H,2-10,12H2,1H3,(H,35,36). The van der Waals surface area contributed by atoms with Crippen molar-refractivity contribution in [3.05, 3.63) is 46.9 Å². The predicted octanol–water partition coefficient (Wildman–Crippen LogP) is 4.85. The van der Waals surface area contributed by atoms with Crippen LogP contribution in [0.15, 0.2) is 24.5 Å². The van der Waals surface area contributed by atoms with E-state index < -0.39 is 18.3 Å². The molecule has 1 saturated heterocycles. The van der Waals surface area contributed by atoms with Gasteiger partial charge in [-0.3, -0.25) is 14.2 Å². The lowest BCUT2D eigenvalue weighted by molar-refractivity contribution is -0.142. The van der Waals surface area contributed by atoms with E-state index in [0.717, 1.165) is 54.0 Å². The number of anilines is 2. The van der Waals surface area contributed by atoms with Crippen molar-refractivity contribution in [2.24, 2.45) is 13.0 Å². The number of hydrogen-bond donors (Lipinski definition) is 1. The van der Waals surface area contributed by atoms with Gasteiger partial charge >= 0.3 is 5.97 Å². The van der Waals surface area contributed by atoms with Crippen LogP contribution in [-0.4, -0.2) is 50.4 Å². The molecule has 1 unspecified atom stereocenters. The molecule has 3 aromatic rings. The minimum absolute atomic E-state index is 0.0280. The molecule has 0 saturated carbocycles. The number of alkyl halides is 2.